The maximum atomic E-state index is 13.4. The summed E-state index contributed by atoms with van der Waals surface area (Å²) < 4.78 is 13.4. The van der Waals surface area contributed by atoms with Crippen LogP contribution in [0.5, 0.6) is 0 Å². The van der Waals surface area contributed by atoms with E-state index in [4.69, 9.17) is 11.6 Å². The second-order valence-corrected chi connectivity index (χ2v) is 3.57. The first kappa shape index (κ1) is 9.21. The van der Waals surface area contributed by atoms with Crippen molar-refractivity contribution in [3.8, 4) is 0 Å². The molecular formula is C10H7ClFNO. The van der Waals surface area contributed by atoms with Crippen LogP contribution in [0.15, 0.2) is 23.0 Å². The summed E-state index contributed by atoms with van der Waals surface area (Å²) in [5.41, 5.74) is 0.310. The van der Waals surface area contributed by atoms with Gasteiger partial charge in [0, 0.05) is 16.1 Å². The van der Waals surface area contributed by atoms with Gasteiger partial charge in [0.2, 0.25) is 0 Å². The van der Waals surface area contributed by atoms with Crippen molar-refractivity contribution in [1.29, 1.82) is 0 Å². The van der Waals surface area contributed by atoms with Gasteiger partial charge in [-0.05, 0) is 25.1 Å². The van der Waals surface area contributed by atoms with E-state index in [2.05, 4.69) is 4.98 Å². The number of benzene rings is 1. The molecule has 1 N–H and O–H groups in total. The Kier molecular flexibility index (Phi) is 2.04. The van der Waals surface area contributed by atoms with Crippen molar-refractivity contribution < 1.29 is 4.39 Å². The van der Waals surface area contributed by atoms with Gasteiger partial charge < -0.3 is 4.98 Å². The van der Waals surface area contributed by atoms with Gasteiger partial charge in [0.05, 0.1) is 5.39 Å². The molecule has 1 aromatic carbocycles. The Bertz CT molecular complexity index is 562. The first-order chi connectivity index (χ1) is 6.58. The molecule has 14 heavy (non-hydrogen) atoms. The average Bonchev–Trinajstić information content (AvgIpc) is 2.07. The predicted molar refractivity (Wildman–Crippen MR) is 54.3 cm³/mol. The molecule has 0 unspecified atom stereocenters. The fraction of sp³-hybridized carbons (Fsp3) is 0.100. The van der Waals surface area contributed by atoms with Gasteiger partial charge in [-0.1, -0.05) is 11.6 Å². The average molecular weight is 212 g/mol. The normalized spacial score (nSPS) is 10.8. The number of H-pyrrole nitrogens is 1. The number of fused-ring (bicyclic) bond motifs is 1. The van der Waals surface area contributed by atoms with Crippen LogP contribution >= 0.6 is 11.6 Å². The smallest absolute Gasteiger partial charge is 0.256 e. The Balaban J connectivity index is 3.02. The van der Waals surface area contributed by atoms with Gasteiger partial charge in [0.25, 0.3) is 5.56 Å². The van der Waals surface area contributed by atoms with E-state index in [1.54, 1.807) is 13.0 Å². The lowest BCUT2D eigenvalue weighted by atomic mass is 10.1. The molecule has 0 atom stereocenters. The summed E-state index contributed by atoms with van der Waals surface area (Å²) in [7, 11) is 0. The SMILES string of the molecule is Cc1cc2c(F)cc(Cl)cc2c(=O)[nH]1. The summed E-state index contributed by atoms with van der Waals surface area (Å²) >= 11 is 5.64. The van der Waals surface area contributed by atoms with Crippen LogP contribution in [0.4, 0.5) is 4.39 Å². The summed E-state index contributed by atoms with van der Waals surface area (Å²) in [6, 6.07) is 4.24. The Morgan fingerprint density at radius 2 is 2.00 bits per heavy atom. The van der Waals surface area contributed by atoms with Crippen molar-refractivity contribution in [1.82, 2.24) is 4.98 Å². The zero-order chi connectivity index (χ0) is 10.3. The van der Waals surface area contributed by atoms with E-state index >= 15 is 0 Å². The molecule has 0 aliphatic heterocycles. The first-order valence-corrected chi connectivity index (χ1v) is 4.44. The van der Waals surface area contributed by atoms with Crippen molar-refractivity contribution in [2.75, 3.05) is 0 Å². The van der Waals surface area contributed by atoms with Crippen LogP contribution in [0, 0.1) is 12.7 Å². The van der Waals surface area contributed by atoms with Crippen LogP contribution in [0.3, 0.4) is 0 Å². The summed E-state index contributed by atoms with van der Waals surface area (Å²) in [4.78, 5) is 14.0. The molecule has 0 fully saturated rings. The second kappa shape index (κ2) is 3.10. The second-order valence-electron chi connectivity index (χ2n) is 3.13. The topological polar surface area (TPSA) is 32.9 Å². The van der Waals surface area contributed by atoms with Gasteiger partial charge in [-0.15, -0.1) is 0 Å². The summed E-state index contributed by atoms with van der Waals surface area (Å²) in [6.45, 7) is 1.70. The van der Waals surface area contributed by atoms with Gasteiger partial charge in [0.15, 0.2) is 0 Å². The zero-order valence-electron chi connectivity index (χ0n) is 7.40. The van der Waals surface area contributed by atoms with Gasteiger partial charge in [-0.2, -0.15) is 0 Å². The Labute approximate surface area is 84.3 Å². The molecule has 0 spiro atoms. The van der Waals surface area contributed by atoms with Crippen molar-refractivity contribution in [2.24, 2.45) is 0 Å². The number of aromatic nitrogens is 1. The monoisotopic (exact) mass is 211 g/mol. The van der Waals surface area contributed by atoms with Gasteiger partial charge >= 0.3 is 0 Å². The third kappa shape index (κ3) is 1.40. The summed E-state index contributed by atoms with van der Waals surface area (Å²) in [5, 5.41) is 0.806. The van der Waals surface area contributed by atoms with Gasteiger partial charge in [-0.3, -0.25) is 4.79 Å². The molecule has 0 aliphatic carbocycles. The molecular weight excluding hydrogens is 205 g/mol. The third-order valence-electron chi connectivity index (χ3n) is 2.01. The molecule has 1 aromatic heterocycles. The quantitative estimate of drug-likeness (QED) is 0.714. The van der Waals surface area contributed by atoms with E-state index < -0.39 is 5.82 Å². The first-order valence-electron chi connectivity index (χ1n) is 4.06. The van der Waals surface area contributed by atoms with Crippen molar-refractivity contribution in [3.63, 3.8) is 0 Å². The Hall–Kier alpha value is -1.35. The third-order valence-corrected chi connectivity index (χ3v) is 2.23. The Morgan fingerprint density at radius 3 is 2.71 bits per heavy atom. The maximum absolute atomic E-state index is 13.4. The number of rotatable bonds is 0. The number of hydrogen-bond acceptors (Lipinski definition) is 1. The van der Waals surface area contributed by atoms with Crippen LogP contribution in [0.25, 0.3) is 10.8 Å². The number of aryl methyl sites for hydroxylation is 1. The van der Waals surface area contributed by atoms with E-state index in [1.807, 2.05) is 0 Å². The lowest BCUT2D eigenvalue weighted by Gasteiger charge is -2.01. The van der Waals surface area contributed by atoms with E-state index in [1.165, 1.54) is 12.1 Å². The lowest BCUT2D eigenvalue weighted by molar-refractivity contribution is 0.639. The standard InChI is InChI=1S/C10H7ClFNO/c1-5-2-7-8(10(14)13-5)3-6(11)4-9(7)12/h2-4H,1H3,(H,13,14). The predicted octanol–water partition coefficient (Wildman–Crippen LogP) is 2.63. The van der Waals surface area contributed by atoms with Gasteiger partial charge in [0.1, 0.15) is 5.82 Å². The van der Waals surface area contributed by atoms with Crippen LogP contribution < -0.4 is 5.56 Å². The molecule has 72 valence electrons. The van der Waals surface area contributed by atoms with Crippen LogP contribution in [0.1, 0.15) is 5.69 Å². The van der Waals surface area contributed by atoms with Crippen molar-refractivity contribution >= 4 is 22.4 Å². The number of nitrogens with one attached hydrogen (secondary N) is 1. The van der Waals surface area contributed by atoms with Gasteiger partial charge in [-0.25, -0.2) is 4.39 Å². The summed E-state index contributed by atoms with van der Waals surface area (Å²) in [6.07, 6.45) is 0. The van der Waals surface area contributed by atoms with E-state index in [0.717, 1.165) is 0 Å². The molecule has 0 saturated carbocycles. The molecule has 2 rings (SSSR count). The number of halogens is 2. The highest BCUT2D eigenvalue weighted by Crippen LogP contribution is 2.20. The van der Waals surface area contributed by atoms with Crippen LogP contribution in [0.2, 0.25) is 5.02 Å². The molecule has 0 radical (unpaired) electrons. The number of aromatic amines is 1. The van der Waals surface area contributed by atoms with E-state index in [9.17, 15) is 9.18 Å². The van der Waals surface area contributed by atoms with Crippen LogP contribution in [-0.4, -0.2) is 4.98 Å². The molecule has 0 saturated heterocycles. The number of pyridine rings is 1. The summed E-state index contributed by atoms with van der Waals surface area (Å²) in [5.74, 6) is -0.471. The highest BCUT2D eigenvalue weighted by Gasteiger charge is 2.06. The minimum Gasteiger partial charge on any atom is -0.326 e. The Morgan fingerprint density at radius 1 is 1.29 bits per heavy atom. The molecule has 0 bridgehead atoms. The fourth-order valence-electron chi connectivity index (χ4n) is 1.42. The van der Waals surface area contributed by atoms with Crippen LogP contribution in [-0.2, 0) is 0 Å². The molecule has 2 nitrogen and oxygen atoms in total. The molecule has 0 amide bonds. The molecule has 0 aliphatic rings. The fourth-order valence-corrected chi connectivity index (χ4v) is 1.62. The molecule has 2 aromatic rings. The highest BCUT2D eigenvalue weighted by molar-refractivity contribution is 6.31. The zero-order valence-corrected chi connectivity index (χ0v) is 8.15. The minimum atomic E-state index is -0.471. The maximum Gasteiger partial charge on any atom is 0.256 e. The largest absolute Gasteiger partial charge is 0.326 e. The van der Waals surface area contributed by atoms with E-state index in [0.29, 0.717) is 11.1 Å². The minimum absolute atomic E-state index is 0.226. The lowest BCUT2D eigenvalue weighted by Crippen LogP contribution is -2.07. The molecule has 4 heteroatoms. The molecule has 1 heterocycles. The number of hydrogen-bond donors (Lipinski definition) is 1. The van der Waals surface area contributed by atoms with Crippen molar-refractivity contribution in [2.45, 2.75) is 6.92 Å². The van der Waals surface area contributed by atoms with E-state index in [-0.39, 0.29) is 16.0 Å². The van der Waals surface area contributed by atoms with Crippen molar-refractivity contribution in [3.05, 3.63) is 45.1 Å². The highest BCUT2D eigenvalue weighted by atomic mass is 35.5.